The molecule has 0 aliphatic rings. The number of hydrogen-bond acceptors (Lipinski definition) is 6. The first-order valence-electron chi connectivity index (χ1n) is 12.9. The van der Waals surface area contributed by atoms with Gasteiger partial charge in [0, 0.05) is 62.4 Å². The van der Waals surface area contributed by atoms with E-state index < -0.39 is 0 Å². The zero-order valence-corrected chi connectivity index (χ0v) is 22.1. The van der Waals surface area contributed by atoms with Gasteiger partial charge in [-0.3, -0.25) is 29.1 Å². The summed E-state index contributed by atoms with van der Waals surface area (Å²) in [5, 5.41) is 8.86. The van der Waals surface area contributed by atoms with E-state index >= 15 is 0 Å². The topological polar surface area (TPSA) is 67.9 Å². The van der Waals surface area contributed by atoms with Crippen LogP contribution in [-0.4, -0.2) is 39.3 Å². The normalized spacial score (nSPS) is 11.5. The summed E-state index contributed by atoms with van der Waals surface area (Å²) < 4.78 is 3.92. The lowest BCUT2D eigenvalue weighted by molar-refractivity contribution is 0.184. The molecule has 0 saturated carbocycles. The van der Waals surface area contributed by atoms with Crippen molar-refractivity contribution in [1.82, 2.24) is 39.3 Å². The van der Waals surface area contributed by atoms with Crippen molar-refractivity contribution in [2.45, 2.75) is 53.4 Å². The highest BCUT2D eigenvalue weighted by molar-refractivity contribution is 5.24. The monoisotopic (exact) mass is 506 g/mol. The molecule has 0 bridgehead atoms. The van der Waals surface area contributed by atoms with Crippen LogP contribution in [0.1, 0.15) is 33.9 Å². The van der Waals surface area contributed by atoms with E-state index in [1.165, 1.54) is 11.1 Å². The van der Waals surface area contributed by atoms with Crippen LogP contribution >= 0.6 is 0 Å². The van der Waals surface area contributed by atoms with E-state index in [1.807, 2.05) is 72.3 Å². The fourth-order valence-electron chi connectivity index (χ4n) is 4.67. The number of nitrogens with zero attached hydrogens (tertiary/aromatic N) is 8. The van der Waals surface area contributed by atoms with Gasteiger partial charge in [-0.2, -0.15) is 10.2 Å². The number of aryl methyl sites for hydroxylation is 2. The third-order valence-corrected chi connectivity index (χ3v) is 6.28. The molecule has 4 heterocycles. The van der Waals surface area contributed by atoms with Gasteiger partial charge in [-0.15, -0.1) is 0 Å². The molecule has 0 aliphatic carbocycles. The van der Waals surface area contributed by atoms with Gasteiger partial charge in [-0.1, -0.05) is 36.4 Å². The Morgan fingerprint density at radius 1 is 0.579 bits per heavy atom. The highest BCUT2D eigenvalue weighted by Gasteiger charge is 2.13. The third kappa shape index (κ3) is 7.44. The van der Waals surface area contributed by atoms with Crippen molar-refractivity contribution < 1.29 is 0 Å². The summed E-state index contributed by atoms with van der Waals surface area (Å²) in [6.45, 7) is 8.53. The minimum absolute atomic E-state index is 0.692. The van der Waals surface area contributed by atoms with Crippen molar-refractivity contribution in [3.05, 3.63) is 131 Å². The standard InChI is InChI=1S/C30H34N8/c1-25-8-3-12-29(33-25)21-35(23-37-16-6-14-31-37)19-27-10-5-11-28(18-27)20-36(24-38-17-7-15-32-38)22-30-13-4-9-26(2)34-30/h3-18H,19-24H2,1-2H3. The molecule has 0 aliphatic heterocycles. The average Bonchev–Trinajstić information content (AvgIpc) is 3.59. The Hall–Kier alpha value is -4.14. The third-order valence-electron chi connectivity index (χ3n) is 6.28. The van der Waals surface area contributed by atoms with E-state index in [-0.39, 0.29) is 0 Å². The van der Waals surface area contributed by atoms with Crippen LogP contribution in [0.5, 0.6) is 0 Å². The summed E-state index contributed by atoms with van der Waals surface area (Å²) in [6, 6.07) is 25.2. The molecule has 0 amide bonds. The largest absolute Gasteiger partial charge is 0.274 e. The maximum atomic E-state index is 4.73. The van der Waals surface area contributed by atoms with E-state index in [9.17, 15) is 0 Å². The van der Waals surface area contributed by atoms with E-state index in [1.54, 1.807) is 0 Å². The Kier molecular flexibility index (Phi) is 8.32. The molecule has 5 rings (SSSR count). The summed E-state index contributed by atoms with van der Waals surface area (Å²) in [7, 11) is 0. The van der Waals surface area contributed by atoms with Crippen molar-refractivity contribution in [2.24, 2.45) is 0 Å². The van der Waals surface area contributed by atoms with Crippen LogP contribution in [0.3, 0.4) is 0 Å². The summed E-state index contributed by atoms with van der Waals surface area (Å²) in [6.07, 6.45) is 7.64. The quantitative estimate of drug-likeness (QED) is 0.242. The predicted octanol–water partition coefficient (Wildman–Crippen LogP) is 4.81. The maximum Gasteiger partial charge on any atom is 0.0935 e. The molecule has 0 radical (unpaired) electrons. The zero-order chi connectivity index (χ0) is 26.2. The van der Waals surface area contributed by atoms with Crippen LogP contribution in [0.15, 0.2) is 97.6 Å². The Balaban J connectivity index is 1.32. The highest BCUT2D eigenvalue weighted by atomic mass is 15.4. The van der Waals surface area contributed by atoms with Crippen LogP contribution < -0.4 is 0 Å². The molecule has 0 saturated heterocycles. The minimum atomic E-state index is 0.692. The number of pyridine rings is 2. The SMILES string of the molecule is Cc1cccc(CN(Cc2cccc(CN(Cc3cccc(C)n3)Cn3cccn3)c2)Cn2cccn2)n1. The van der Waals surface area contributed by atoms with Crippen molar-refractivity contribution in [1.29, 1.82) is 0 Å². The molecule has 8 nitrogen and oxygen atoms in total. The van der Waals surface area contributed by atoms with Gasteiger partial charge in [0.25, 0.3) is 0 Å². The molecule has 0 unspecified atom stereocenters. The summed E-state index contributed by atoms with van der Waals surface area (Å²) in [5.74, 6) is 0. The minimum Gasteiger partial charge on any atom is -0.274 e. The lowest BCUT2D eigenvalue weighted by Gasteiger charge is -2.24. The number of rotatable bonds is 12. The maximum absolute atomic E-state index is 4.73. The highest BCUT2D eigenvalue weighted by Crippen LogP contribution is 2.16. The van der Waals surface area contributed by atoms with Crippen LogP contribution in [-0.2, 0) is 39.5 Å². The van der Waals surface area contributed by atoms with Crippen molar-refractivity contribution in [3.8, 4) is 0 Å². The second kappa shape index (κ2) is 12.4. The van der Waals surface area contributed by atoms with Crippen LogP contribution in [0.2, 0.25) is 0 Å². The van der Waals surface area contributed by atoms with Gasteiger partial charge in [-0.25, -0.2) is 0 Å². The molecule has 8 heteroatoms. The molecule has 194 valence electrons. The first-order chi connectivity index (χ1) is 18.6. The Labute approximate surface area is 224 Å². The van der Waals surface area contributed by atoms with Gasteiger partial charge in [0.2, 0.25) is 0 Å². The van der Waals surface area contributed by atoms with E-state index in [0.717, 1.165) is 49.0 Å². The van der Waals surface area contributed by atoms with Gasteiger partial charge in [0.05, 0.1) is 24.7 Å². The summed E-state index contributed by atoms with van der Waals surface area (Å²) in [5.41, 5.74) is 6.70. The second-order valence-corrected chi connectivity index (χ2v) is 9.71. The Bertz CT molecular complexity index is 1310. The predicted molar refractivity (Wildman–Crippen MR) is 147 cm³/mol. The van der Waals surface area contributed by atoms with Crippen molar-refractivity contribution in [3.63, 3.8) is 0 Å². The smallest absolute Gasteiger partial charge is 0.0935 e. The Morgan fingerprint density at radius 3 is 1.47 bits per heavy atom. The molecule has 4 aromatic heterocycles. The lowest BCUT2D eigenvalue weighted by Crippen LogP contribution is -2.27. The summed E-state index contributed by atoms with van der Waals surface area (Å²) in [4.78, 5) is 14.2. The second-order valence-electron chi connectivity index (χ2n) is 9.71. The molecule has 38 heavy (non-hydrogen) atoms. The van der Waals surface area contributed by atoms with Gasteiger partial charge in [0.1, 0.15) is 0 Å². The molecule has 5 aromatic rings. The summed E-state index contributed by atoms with van der Waals surface area (Å²) >= 11 is 0. The first kappa shape index (κ1) is 25.5. The van der Waals surface area contributed by atoms with Gasteiger partial charge >= 0.3 is 0 Å². The van der Waals surface area contributed by atoms with Crippen molar-refractivity contribution >= 4 is 0 Å². The van der Waals surface area contributed by atoms with E-state index in [2.05, 4.69) is 68.5 Å². The molecular weight excluding hydrogens is 472 g/mol. The number of aromatic nitrogens is 6. The van der Waals surface area contributed by atoms with Gasteiger partial charge in [0.15, 0.2) is 0 Å². The first-order valence-corrected chi connectivity index (χ1v) is 12.9. The fraction of sp³-hybridized carbons (Fsp3) is 0.267. The van der Waals surface area contributed by atoms with E-state index in [4.69, 9.17) is 9.97 Å². The van der Waals surface area contributed by atoms with Crippen molar-refractivity contribution in [2.75, 3.05) is 0 Å². The van der Waals surface area contributed by atoms with E-state index in [0.29, 0.717) is 13.3 Å². The van der Waals surface area contributed by atoms with Crippen LogP contribution in [0, 0.1) is 13.8 Å². The lowest BCUT2D eigenvalue weighted by atomic mass is 10.1. The Morgan fingerprint density at radius 2 is 1.05 bits per heavy atom. The average molecular weight is 507 g/mol. The molecule has 0 fully saturated rings. The van der Waals surface area contributed by atoms with Crippen LogP contribution in [0.25, 0.3) is 0 Å². The van der Waals surface area contributed by atoms with Crippen LogP contribution in [0.4, 0.5) is 0 Å². The van der Waals surface area contributed by atoms with Gasteiger partial charge < -0.3 is 0 Å². The number of hydrogen-bond donors (Lipinski definition) is 0. The fourth-order valence-corrected chi connectivity index (χ4v) is 4.67. The molecule has 1 aromatic carbocycles. The molecular formula is C30H34N8. The molecule has 0 N–H and O–H groups in total. The zero-order valence-electron chi connectivity index (χ0n) is 22.1. The molecule has 0 spiro atoms. The van der Waals surface area contributed by atoms with Gasteiger partial charge in [-0.05, 0) is 61.4 Å². The molecule has 0 atom stereocenters. The number of benzene rings is 1.